The van der Waals surface area contributed by atoms with Crippen molar-refractivity contribution in [2.45, 2.75) is 30.1 Å². The number of sulfonamides is 1. The smallest absolute Gasteiger partial charge is 0.264 e. The van der Waals surface area contributed by atoms with Gasteiger partial charge >= 0.3 is 0 Å². The van der Waals surface area contributed by atoms with Crippen LogP contribution in [-0.4, -0.2) is 33.2 Å². The SMILES string of the molecule is Cc1ccc(SCCCNC(=O)CN(c2ccc(C)cc2)S(=O)(=O)c2ccc(Cl)cc2)cc1. The highest BCUT2D eigenvalue weighted by Gasteiger charge is 2.27. The van der Waals surface area contributed by atoms with Gasteiger partial charge < -0.3 is 5.32 Å². The van der Waals surface area contributed by atoms with Crippen molar-refractivity contribution in [3.05, 3.63) is 88.9 Å². The van der Waals surface area contributed by atoms with Crippen molar-refractivity contribution < 1.29 is 13.2 Å². The summed E-state index contributed by atoms with van der Waals surface area (Å²) in [7, 11) is -3.94. The number of rotatable bonds is 10. The van der Waals surface area contributed by atoms with Crippen LogP contribution in [0, 0.1) is 13.8 Å². The number of carbonyl (C=O) groups is 1. The monoisotopic (exact) mass is 502 g/mol. The quantitative estimate of drug-likeness (QED) is 0.295. The van der Waals surface area contributed by atoms with Crippen molar-refractivity contribution in [3.63, 3.8) is 0 Å². The van der Waals surface area contributed by atoms with E-state index in [9.17, 15) is 13.2 Å². The van der Waals surface area contributed by atoms with Crippen LogP contribution in [0.3, 0.4) is 0 Å². The van der Waals surface area contributed by atoms with Gasteiger partial charge in [0.05, 0.1) is 10.6 Å². The maximum absolute atomic E-state index is 13.3. The van der Waals surface area contributed by atoms with E-state index in [4.69, 9.17) is 11.6 Å². The molecule has 0 radical (unpaired) electrons. The Labute approximate surface area is 205 Å². The number of benzene rings is 3. The number of thioether (sulfide) groups is 1. The molecule has 8 heteroatoms. The van der Waals surface area contributed by atoms with E-state index in [2.05, 4.69) is 36.5 Å². The summed E-state index contributed by atoms with van der Waals surface area (Å²) < 4.78 is 27.8. The van der Waals surface area contributed by atoms with Crippen molar-refractivity contribution in [2.75, 3.05) is 23.1 Å². The lowest BCUT2D eigenvalue weighted by atomic mass is 10.2. The second-order valence-corrected chi connectivity index (χ2v) is 11.1. The molecule has 0 saturated heterocycles. The van der Waals surface area contributed by atoms with E-state index in [-0.39, 0.29) is 17.3 Å². The Bertz CT molecular complexity index is 1160. The van der Waals surface area contributed by atoms with Gasteiger partial charge in [-0.15, -0.1) is 11.8 Å². The van der Waals surface area contributed by atoms with Crippen LogP contribution in [0.2, 0.25) is 5.02 Å². The Morgan fingerprint density at radius 2 is 1.48 bits per heavy atom. The first-order chi connectivity index (χ1) is 15.8. The molecule has 3 aromatic carbocycles. The fourth-order valence-electron chi connectivity index (χ4n) is 3.07. The molecule has 1 N–H and O–H groups in total. The molecule has 0 unspecified atom stereocenters. The predicted octanol–water partition coefficient (Wildman–Crippen LogP) is 5.45. The highest BCUT2D eigenvalue weighted by Crippen LogP contribution is 2.25. The van der Waals surface area contributed by atoms with Crippen LogP contribution >= 0.6 is 23.4 Å². The van der Waals surface area contributed by atoms with Crippen LogP contribution in [0.5, 0.6) is 0 Å². The highest BCUT2D eigenvalue weighted by atomic mass is 35.5. The molecule has 3 aromatic rings. The maximum Gasteiger partial charge on any atom is 0.264 e. The number of carbonyl (C=O) groups excluding carboxylic acids is 1. The number of aryl methyl sites for hydroxylation is 2. The molecule has 0 aliphatic heterocycles. The van der Waals surface area contributed by atoms with Gasteiger partial charge in [0.15, 0.2) is 0 Å². The van der Waals surface area contributed by atoms with Gasteiger partial charge in [-0.05, 0) is 74.6 Å². The summed E-state index contributed by atoms with van der Waals surface area (Å²) >= 11 is 7.64. The number of amides is 1. The largest absolute Gasteiger partial charge is 0.354 e. The molecule has 0 saturated carbocycles. The van der Waals surface area contributed by atoms with E-state index in [1.807, 2.05) is 19.1 Å². The number of anilines is 1. The fourth-order valence-corrected chi connectivity index (χ4v) is 5.47. The van der Waals surface area contributed by atoms with Gasteiger partial charge in [0.25, 0.3) is 10.0 Å². The summed E-state index contributed by atoms with van der Waals surface area (Å²) in [6.07, 6.45) is 0.777. The molecule has 33 heavy (non-hydrogen) atoms. The van der Waals surface area contributed by atoms with Gasteiger partial charge in [-0.2, -0.15) is 0 Å². The number of halogens is 1. The normalized spacial score (nSPS) is 11.2. The fraction of sp³-hybridized carbons (Fsp3) is 0.240. The molecule has 0 fully saturated rings. The van der Waals surface area contributed by atoms with Gasteiger partial charge in [0, 0.05) is 16.5 Å². The molecule has 0 spiro atoms. The molecule has 5 nitrogen and oxygen atoms in total. The zero-order chi connectivity index (χ0) is 23.8. The molecule has 3 rings (SSSR count). The molecule has 0 aliphatic rings. The van der Waals surface area contributed by atoms with E-state index < -0.39 is 10.0 Å². The van der Waals surface area contributed by atoms with Gasteiger partial charge in [0.2, 0.25) is 5.91 Å². The summed E-state index contributed by atoms with van der Waals surface area (Å²) in [5, 5.41) is 3.28. The molecular weight excluding hydrogens is 476 g/mol. The van der Waals surface area contributed by atoms with E-state index in [1.54, 1.807) is 23.9 Å². The average molecular weight is 503 g/mol. The lowest BCUT2D eigenvalue weighted by Crippen LogP contribution is -2.41. The van der Waals surface area contributed by atoms with Crippen molar-refractivity contribution in [1.29, 1.82) is 0 Å². The van der Waals surface area contributed by atoms with Gasteiger partial charge in [-0.1, -0.05) is 47.0 Å². The third kappa shape index (κ3) is 7.25. The summed E-state index contributed by atoms with van der Waals surface area (Å²) in [4.78, 5) is 13.9. The Morgan fingerprint density at radius 3 is 2.09 bits per heavy atom. The Kier molecular flexibility index (Phi) is 8.83. The molecule has 0 aromatic heterocycles. The third-order valence-electron chi connectivity index (χ3n) is 4.94. The predicted molar refractivity (Wildman–Crippen MR) is 137 cm³/mol. The average Bonchev–Trinajstić information content (AvgIpc) is 2.79. The van der Waals surface area contributed by atoms with E-state index in [1.165, 1.54) is 34.7 Å². The minimum atomic E-state index is -3.94. The lowest BCUT2D eigenvalue weighted by Gasteiger charge is -2.24. The Morgan fingerprint density at radius 1 is 0.909 bits per heavy atom. The third-order valence-corrected chi connectivity index (χ3v) is 8.08. The zero-order valence-corrected chi connectivity index (χ0v) is 21.0. The summed E-state index contributed by atoms with van der Waals surface area (Å²) in [5.41, 5.74) is 2.65. The number of nitrogens with zero attached hydrogens (tertiary/aromatic N) is 1. The van der Waals surface area contributed by atoms with Crippen LogP contribution in [0.15, 0.2) is 82.6 Å². The Hall–Kier alpha value is -2.48. The molecule has 174 valence electrons. The topological polar surface area (TPSA) is 66.5 Å². The highest BCUT2D eigenvalue weighted by molar-refractivity contribution is 7.99. The summed E-state index contributed by atoms with van der Waals surface area (Å²) in [6.45, 7) is 4.14. The summed E-state index contributed by atoms with van der Waals surface area (Å²) in [6, 6.07) is 21.3. The second-order valence-electron chi connectivity index (χ2n) is 7.67. The number of nitrogens with one attached hydrogen (secondary N) is 1. The number of hydrogen-bond donors (Lipinski definition) is 1. The second kappa shape index (κ2) is 11.6. The Balaban J connectivity index is 1.63. The van der Waals surface area contributed by atoms with Gasteiger partial charge in [-0.25, -0.2) is 8.42 Å². The molecular formula is C25H27ClN2O3S2. The molecule has 0 atom stereocenters. The standard InChI is InChI=1S/C25H27ClN2O3S2/c1-19-4-10-22(11-5-19)28(33(30,31)24-14-8-21(26)9-15-24)18-25(29)27-16-3-17-32-23-12-6-20(2)7-13-23/h4-15H,3,16-18H2,1-2H3,(H,27,29). The molecule has 0 bridgehead atoms. The van der Waals surface area contributed by atoms with Crippen molar-refractivity contribution >= 4 is 45.0 Å². The minimum absolute atomic E-state index is 0.0785. The van der Waals surface area contributed by atoms with Crippen molar-refractivity contribution in [3.8, 4) is 0 Å². The molecule has 0 aliphatic carbocycles. The lowest BCUT2D eigenvalue weighted by molar-refractivity contribution is -0.119. The number of hydrogen-bond acceptors (Lipinski definition) is 4. The summed E-state index contributed by atoms with van der Waals surface area (Å²) in [5.74, 6) is 0.502. The van der Waals surface area contributed by atoms with E-state index >= 15 is 0 Å². The van der Waals surface area contributed by atoms with Crippen molar-refractivity contribution in [2.24, 2.45) is 0 Å². The van der Waals surface area contributed by atoms with Crippen LogP contribution in [0.25, 0.3) is 0 Å². The van der Waals surface area contributed by atoms with Crippen LogP contribution < -0.4 is 9.62 Å². The first-order valence-electron chi connectivity index (χ1n) is 10.6. The first kappa shape index (κ1) is 25.1. The zero-order valence-electron chi connectivity index (χ0n) is 18.6. The minimum Gasteiger partial charge on any atom is -0.354 e. The van der Waals surface area contributed by atoms with Gasteiger partial charge in [0.1, 0.15) is 6.54 Å². The van der Waals surface area contributed by atoms with Gasteiger partial charge in [-0.3, -0.25) is 9.10 Å². The molecule has 1 amide bonds. The first-order valence-corrected chi connectivity index (χ1v) is 13.4. The van der Waals surface area contributed by atoms with Crippen molar-refractivity contribution in [1.82, 2.24) is 5.32 Å². The maximum atomic E-state index is 13.3. The van der Waals surface area contributed by atoms with Crippen LogP contribution in [0.1, 0.15) is 17.5 Å². The molecule has 0 heterocycles. The van der Waals surface area contributed by atoms with E-state index in [0.717, 1.165) is 22.0 Å². The van der Waals surface area contributed by atoms with Crippen LogP contribution in [-0.2, 0) is 14.8 Å². The van der Waals surface area contributed by atoms with Crippen LogP contribution in [0.4, 0.5) is 5.69 Å². The van der Waals surface area contributed by atoms with E-state index in [0.29, 0.717) is 17.3 Å².